The second kappa shape index (κ2) is 4.78. The lowest BCUT2D eigenvalue weighted by Gasteiger charge is -2.23. The molecule has 0 aromatic rings. The zero-order valence-electron chi connectivity index (χ0n) is 7.10. The van der Waals surface area contributed by atoms with Gasteiger partial charge < -0.3 is 10.6 Å². The van der Waals surface area contributed by atoms with Crippen molar-refractivity contribution in [3.05, 3.63) is 0 Å². The van der Waals surface area contributed by atoms with Crippen molar-refractivity contribution in [2.24, 2.45) is 0 Å². The van der Waals surface area contributed by atoms with Crippen LogP contribution in [0.3, 0.4) is 0 Å². The average molecular weight is 166 g/mol. The highest BCUT2D eigenvalue weighted by Crippen LogP contribution is 2.01. The Morgan fingerprint density at radius 1 is 1.58 bits per heavy atom. The number of hydrogen-bond donors (Lipinski definition) is 2. The zero-order chi connectivity index (χ0) is 8.81. The lowest BCUT2D eigenvalue weighted by molar-refractivity contribution is -0.120. The Kier molecular flexibility index (Phi) is 3.62. The van der Waals surface area contributed by atoms with Crippen molar-refractivity contribution in [2.75, 3.05) is 13.1 Å². The highest BCUT2D eigenvalue weighted by Gasteiger charge is 2.13. The molecule has 1 heterocycles. The van der Waals surface area contributed by atoms with Crippen LogP contribution in [0.2, 0.25) is 0 Å². The predicted octanol–water partition coefficient (Wildman–Crippen LogP) is -0.122. The van der Waals surface area contributed by atoms with Crippen molar-refractivity contribution in [2.45, 2.75) is 25.3 Å². The van der Waals surface area contributed by atoms with Gasteiger partial charge in [-0.15, -0.1) is 6.42 Å². The van der Waals surface area contributed by atoms with Gasteiger partial charge in [0.25, 0.3) is 0 Å². The van der Waals surface area contributed by atoms with Gasteiger partial charge in [-0.1, -0.05) is 5.92 Å². The quantitative estimate of drug-likeness (QED) is 0.561. The molecule has 66 valence electrons. The van der Waals surface area contributed by atoms with E-state index in [0.29, 0.717) is 6.04 Å². The summed E-state index contributed by atoms with van der Waals surface area (Å²) in [5, 5.41) is 6.13. The molecule has 0 saturated carbocycles. The molecule has 0 atom stereocenters. The topological polar surface area (TPSA) is 41.1 Å². The standard InChI is InChI=1S/C9H14N2O/c1-2-3-9(12)11-8-4-6-10-7-5-8/h1,8,10H,3-7H2,(H,11,12). The fourth-order valence-electron chi connectivity index (χ4n) is 1.34. The summed E-state index contributed by atoms with van der Waals surface area (Å²) in [5.41, 5.74) is 0. The van der Waals surface area contributed by atoms with Gasteiger partial charge in [-0.05, 0) is 25.9 Å². The summed E-state index contributed by atoms with van der Waals surface area (Å²) in [6.45, 7) is 1.97. The maximum atomic E-state index is 11.0. The molecule has 0 aromatic carbocycles. The van der Waals surface area contributed by atoms with Crippen LogP contribution in [0.5, 0.6) is 0 Å². The molecule has 0 aromatic heterocycles. The van der Waals surface area contributed by atoms with Gasteiger partial charge in [0, 0.05) is 6.04 Å². The summed E-state index contributed by atoms with van der Waals surface area (Å²) in [4.78, 5) is 11.0. The molecule has 0 aliphatic carbocycles. The molecule has 1 amide bonds. The molecule has 1 rings (SSSR count). The number of hydrogen-bond acceptors (Lipinski definition) is 2. The Bertz CT molecular complexity index is 189. The highest BCUT2D eigenvalue weighted by atomic mass is 16.1. The monoisotopic (exact) mass is 166 g/mol. The second-order valence-corrected chi connectivity index (χ2v) is 2.97. The molecule has 1 saturated heterocycles. The fourth-order valence-corrected chi connectivity index (χ4v) is 1.34. The van der Waals surface area contributed by atoms with Gasteiger partial charge in [-0.3, -0.25) is 4.79 Å². The van der Waals surface area contributed by atoms with Gasteiger partial charge in [0.1, 0.15) is 0 Å². The molecule has 0 bridgehead atoms. The van der Waals surface area contributed by atoms with Crippen molar-refractivity contribution < 1.29 is 4.79 Å². The van der Waals surface area contributed by atoms with E-state index in [4.69, 9.17) is 6.42 Å². The van der Waals surface area contributed by atoms with Crippen LogP contribution in [0, 0.1) is 12.3 Å². The smallest absolute Gasteiger partial charge is 0.232 e. The van der Waals surface area contributed by atoms with E-state index in [-0.39, 0.29) is 12.3 Å². The molecule has 0 spiro atoms. The number of amides is 1. The number of carbonyl (C=O) groups is 1. The van der Waals surface area contributed by atoms with E-state index >= 15 is 0 Å². The molecule has 1 aliphatic rings. The van der Waals surface area contributed by atoms with Crippen molar-refractivity contribution >= 4 is 5.91 Å². The molecule has 12 heavy (non-hydrogen) atoms. The SMILES string of the molecule is C#CCC(=O)NC1CCNCC1. The van der Waals surface area contributed by atoms with Crippen LogP contribution in [0.15, 0.2) is 0 Å². The summed E-state index contributed by atoms with van der Waals surface area (Å²) in [7, 11) is 0. The summed E-state index contributed by atoms with van der Waals surface area (Å²) in [5.74, 6) is 2.31. The average Bonchev–Trinajstić information content (AvgIpc) is 2.06. The van der Waals surface area contributed by atoms with E-state index in [1.54, 1.807) is 0 Å². The van der Waals surface area contributed by atoms with Crippen molar-refractivity contribution in [3.63, 3.8) is 0 Å². The minimum Gasteiger partial charge on any atom is -0.352 e. The van der Waals surface area contributed by atoms with Crippen LogP contribution in [0.25, 0.3) is 0 Å². The summed E-state index contributed by atoms with van der Waals surface area (Å²) in [6, 6.07) is 0.326. The highest BCUT2D eigenvalue weighted by molar-refractivity contribution is 5.78. The van der Waals surface area contributed by atoms with Gasteiger partial charge in [-0.25, -0.2) is 0 Å². The molecule has 3 nitrogen and oxygen atoms in total. The number of nitrogens with one attached hydrogen (secondary N) is 2. The van der Waals surface area contributed by atoms with E-state index in [0.717, 1.165) is 25.9 Å². The molecule has 1 aliphatic heterocycles. The Hall–Kier alpha value is -1.01. The molecule has 3 heteroatoms. The Morgan fingerprint density at radius 2 is 2.25 bits per heavy atom. The minimum absolute atomic E-state index is 0.0237. The molecule has 1 fully saturated rings. The van der Waals surface area contributed by atoms with E-state index in [1.165, 1.54) is 0 Å². The Morgan fingerprint density at radius 3 is 2.83 bits per heavy atom. The molecule has 0 unspecified atom stereocenters. The predicted molar refractivity (Wildman–Crippen MR) is 47.5 cm³/mol. The van der Waals surface area contributed by atoms with Crippen LogP contribution in [-0.2, 0) is 4.79 Å². The third kappa shape index (κ3) is 2.93. The summed E-state index contributed by atoms with van der Waals surface area (Å²) >= 11 is 0. The lowest BCUT2D eigenvalue weighted by atomic mass is 10.1. The van der Waals surface area contributed by atoms with Crippen LogP contribution in [0.4, 0.5) is 0 Å². The lowest BCUT2D eigenvalue weighted by Crippen LogP contribution is -2.42. The number of terminal acetylenes is 1. The normalized spacial score (nSPS) is 18.2. The number of carbonyl (C=O) groups excluding carboxylic acids is 1. The first kappa shape index (κ1) is 9.08. The van der Waals surface area contributed by atoms with Crippen molar-refractivity contribution in [3.8, 4) is 12.3 Å². The first-order valence-electron chi connectivity index (χ1n) is 4.26. The largest absolute Gasteiger partial charge is 0.352 e. The minimum atomic E-state index is -0.0237. The second-order valence-electron chi connectivity index (χ2n) is 2.97. The van der Waals surface area contributed by atoms with Gasteiger partial charge in [-0.2, -0.15) is 0 Å². The first-order chi connectivity index (χ1) is 5.83. The summed E-state index contributed by atoms with van der Waals surface area (Å²) in [6.07, 6.45) is 7.23. The Balaban J connectivity index is 2.21. The molecule has 0 radical (unpaired) electrons. The van der Waals surface area contributed by atoms with E-state index in [9.17, 15) is 4.79 Å². The molecule has 2 N–H and O–H groups in total. The van der Waals surface area contributed by atoms with Crippen LogP contribution in [-0.4, -0.2) is 25.0 Å². The third-order valence-corrected chi connectivity index (χ3v) is 1.97. The first-order valence-corrected chi connectivity index (χ1v) is 4.26. The van der Waals surface area contributed by atoms with E-state index in [1.807, 2.05) is 0 Å². The van der Waals surface area contributed by atoms with E-state index in [2.05, 4.69) is 16.6 Å². The fraction of sp³-hybridized carbons (Fsp3) is 0.667. The van der Waals surface area contributed by atoms with Crippen molar-refractivity contribution in [1.29, 1.82) is 0 Å². The maximum absolute atomic E-state index is 11.0. The van der Waals surface area contributed by atoms with Crippen LogP contribution in [0.1, 0.15) is 19.3 Å². The number of rotatable bonds is 2. The van der Waals surface area contributed by atoms with Crippen LogP contribution >= 0.6 is 0 Å². The van der Waals surface area contributed by atoms with E-state index < -0.39 is 0 Å². The third-order valence-electron chi connectivity index (χ3n) is 1.97. The maximum Gasteiger partial charge on any atom is 0.232 e. The number of piperidine rings is 1. The Labute approximate surface area is 72.9 Å². The van der Waals surface area contributed by atoms with Crippen LogP contribution < -0.4 is 10.6 Å². The van der Waals surface area contributed by atoms with Gasteiger partial charge in [0.15, 0.2) is 0 Å². The summed E-state index contributed by atoms with van der Waals surface area (Å²) < 4.78 is 0. The molecular formula is C9H14N2O. The van der Waals surface area contributed by atoms with Gasteiger partial charge in [0.05, 0.1) is 6.42 Å². The zero-order valence-corrected chi connectivity index (χ0v) is 7.10. The molecular weight excluding hydrogens is 152 g/mol. The van der Waals surface area contributed by atoms with Gasteiger partial charge in [0.2, 0.25) is 5.91 Å². The van der Waals surface area contributed by atoms with Gasteiger partial charge >= 0.3 is 0 Å². The van der Waals surface area contributed by atoms with Crippen molar-refractivity contribution in [1.82, 2.24) is 10.6 Å².